The monoisotopic (exact) mass is 474 g/mol. The lowest BCUT2D eigenvalue weighted by molar-refractivity contribution is 0.0956. The van der Waals surface area contributed by atoms with Crippen LogP contribution in [0.1, 0.15) is 40.1 Å². The molecule has 0 bridgehead atoms. The average molecular weight is 475 g/mol. The molecule has 35 heavy (non-hydrogen) atoms. The number of amides is 2. The zero-order valence-corrected chi connectivity index (χ0v) is 20.4. The third-order valence-corrected chi connectivity index (χ3v) is 5.47. The Hall–Kier alpha value is -4.33. The van der Waals surface area contributed by atoms with Crippen LogP contribution in [-0.2, 0) is 0 Å². The lowest BCUT2D eigenvalue weighted by Gasteiger charge is -2.20. The summed E-state index contributed by atoms with van der Waals surface area (Å²) < 4.78 is 10.5. The lowest BCUT2D eigenvalue weighted by Crippen LogP contribution is -2.22. The van der Waals surface area contributed by atoms with Gasteiger partial charge in [0.05, 0.1) is 31.7 Å². The Balaban J connectivity index is 1.68. The van der Waals surface area contributed by atoms with E-state index in [4.69, 9.17) is 9.47 Å². The van der Waals surface area contributed by atoms with E-state index in [1.54, 1.807) is 48.7 Å². The van der Waals surface area contributed by atoms with E-state index in [1.807, 2.05) is 24.3 Å². The van der Waals surface area contributed by atoms with Gasteiger partial charge in [-0.2, -0.15) is 5.10 Å². The van der Waals surface area contributed by atoms with Crippen LogP contribution in [0.15, 0.2) is 71.8 Å². The third kappa shape index (κ3) is 6.38. The highest BCUT2D eigenvalue weighted by molar-refractivity contribution is 6.09. The van der Waals surface area contributed by atoms with Crippen LogP contribution in [0.4, 0.5) is 11.4 Å². The van der Waals surface area contributed by atoms with Gasteiger partial charge in [0.15, 0.2) is 11.5 Å². The summed E-state index contributed by atoms with van der Waals surface area (Å²) in [6.07, 6.45) is 1.58. The van der Waals surface area contributed by atoms with Crippen molar-refractivity contribution in [2.75, 3.05) is 37.5 Å². The van der Waals surface area contributed by atoms with Gasteiger partial charge in [0.25, 0.3) is 11.8 Å². The van der Waals surface area contributed by atoms with Crippen molar-refractivity contribution in [2.45, 2.75) is 13.8 Å². The summed E-state index contributed by atoms with van der Waals surface area (Å²) in [5, 5.41) is 6.85. The average Bonchev–Trinajstić information content (AvgIpc) is 2.90. The van der Waals surface area contributed by atoms with Gasteiger partial charge in [0.2, 0.25) is 0 Å². The normalized spacial score (nSPS) is 10.6. The molecule has 182 valence electrons. The molecule has 0 aliphatic heterocycles. The molecule has 0 unspecified atom stereocenters. The largest absolute Gasteiger partial charge is 0.493 e. The first-order valence-electron chi connectivity index (χ1n) is 11.3. The standard InChI is InChI=1S/C27H30N4O4/c1-5-31(6-2)21-14-11-19(12-15-21)18-28-30-27(33)22-9-7-8-10-23(22)29-26(32)20-13-16-24(34-3)25(17-20)35-4/h7-18H,5-6H2,1-4H3,(H,29,32)(H,30,33)/b28-18+. The zero-order valence-electron chi connectivity index (χ0n) is 20.4. The number of benzene rings is 3. The Bertz CT molecular complexity index is 1190. The first-order valence-corrected chi connectivity index (χ1v) is 11.3. The molecule has 0 heterocycles. The first kappa shape index (κ1) is 25.3. The molecular weight excluding hydrogens is 444 g/mol. The van der Waals surface area contributed by atoms with Crippen molar-refractivity contribution in [3.05, 3.63) is 83.4 Å². The van der Waals surface area contributed by atoms with Gasteiger partial charge < -0.3 is 19.7 Å². The Morgan fingerprint density at radius 2 is 1.57 bits per heavy atom. The van der Waals surface area contributed by atoms with Gasteiger partial charge in [0, 0.05) is 24.3 Å². The van der Waals surface area contributed by atoms with Gasteiger partial charge in [-0.25, -0.2) is 5.43 Å². The molecule has 0 saturated carbocycles. The molecule has 0 saturated heterocycles. The molecule has 3 rings (SSSR count). The minimum absolute atomic E-state index is 0.287. The molecule has 0 radical (unpaired) electrons. The topological polar surface area (TPSA) is 92.3 Å². The Morgan fingerprint density at radius 1 is 0.886 bits per heavy atom. The van der Waals surface area contributed by atoms with Crippen molar-refractivity contribution in [3.8, 4) is 11.5 Å². The Morgan fingerprint density at radius 3 is 2.23 bits per heavy atom. The quantitative estimate of drug-likeness (QED) is 0.332. The second-order valence-corrected chi connectivity index (χ2v) is 7.53. The summed E-state index contributed by atoms with van der Waals surface area (Å²) in [7, 11) is 3.02. The number of ether oxygens (including phenoxy) is 2. The molecule has 3 aromatic carbocycles. The number of carbonyl (C=O) groups excluding carboxylic acids is 2. The van der Waals surface area contributed by atoms with Crippen LogP contribution in [0.25, 0.3) is 0 Å². The maximum Gasteiger partial charge on any atom is 0.273 e. The van der Waals surface area contributed by atoms with E-state index in [2.05, 4.69) is 34.6 Å². The predicted octanol–water partition coefficient (Wildman–Crippen LogP) is 4.57. The van der Waals surface area contributed by atoms with Crippen LogP contribution in [0.5, 0.6) is 11.5 Å². The van der Waals surface area contributed by atoms with E-state index in [0.717, 1.165) is 24.3 Å². The first-order chi connectivity index (χ1) is 17.0. The fourth-order valence-electron chi connectivity index (χ4n) is 3.55. The highest BCUT2D eigenvalue weighted by atomic mass is 16.5. The van der Waals surface area contributed by atoms with Gasteiger partial charge in [-0.3, -0.25) is 9.59 Å². The lowest BCUT2D eigenvalue weighted by atomic mass is 10.1. The molecule has 0 fully saturated rings. The number of hydrazone groups is 1. The molecule has 8 nitrogen and oxygen atoms in total. The van der Waals surface area contributed by atoms with Gasteiger partial charge in [-0.05, 0) is 61.9 Å². The van der Waals surface area contributed by atoms with Crippen molar-refractivity contribution in [1.82, 2.24) is 5.43 Å². The second kappa shape index (κ2) is 12.2. The molecule has 0 aliphatic carbocycles. The molecule has 8 heteroatoms. The molecule has 2 amide bonds. The zero-order chi connectivity index (χ0) is 25.2. The molecular formula is C27H30N4O4. The number of hydrogen-bond acceptors (Lipinski definition) is 6. The number of para-hydroxylation sites is 1. The summed E-state index contributed by atoms with van der Waals surface area (Å²) in [6, 6.07) is 19.5. The smallest absolute Gasteiger partial charge is 0.273 e. The summed E-state index contributed by atoms with van der Waals surface area (Å²) in [5.74, 6) is 0.127. The summed E-state index contributed by atoms with van der Waals surface area (Å²) in [5.41, 5.74) is 5.53. The summed E-state index contributed by atoms with van der Waals surface area (Å²) in [4.78, 5) is 27.8. The van der Waals surface area contributed by atoms with E-state index in [9.17, 15) is 9.59 Å². The number of nitrogens with zero attached hydrogens (tertiary/aromatic N) is 2. The van der Waals surface area contributed by atoms with Crippen LogP contribution in [0.3, 0.4) is 0 Å². The van der Waals surface area contributed by atoms with Crippen molar-refractivity contribution in [3.63, 3.8) is 0 Å². The second-order valence-electron chi connectivity index (χ2n) is 7.53. The van der Waals surface area contributed by atoms with Crippen molar-refractivity contribution in [1.29, 1.82) is 0 Å². The number of carbonyl (C=O) groups is 2. The number of hydrogen-bond donors (Lipinski definition) is 2. The number of anilines is 2. The van der Waals surface area contributed by atoms with Gasteiger partial charge in [-0.15, -0.1) is 0 Å². The summed E-state index contributed by atoms with van der Waals surface area (Å²) >= 11 is 0. The molecule has 3 aromatic rings. The van der Waals surface area contributed by atoms with Crippen molar-refractivity contribution < 1.29 is 19.1 Å². The Kier molecular flexibility index (Phi) is 8.83. The van der Waals surface area contributed by atoms with Crippen LogP contribution in [0, 0.1) is 0 Å². The van der Waals surface area contributed by atoms with Crippen molar-refractivity contribution >= 4 is 29.4 Å². The van der Waals surface area contributed by atoms with E-state index >= 15 is 0 Å². The van der Waals surface area contributed by atoms with E-state index < -0.39 is 5.91 Å². The minimum atomic E-state index is -0.441. The fraction of sp³-hybridized carbons (Fsp3) is 0.222. The maximum absolute atomic E-state index is 12.8. The maximum atomic E-state index is 12.8. The minimum Gasteiger partial charge on any atom is -0.493 e. The summed E-state index contributed by atoms with van der Waals surface area (Å²) in [6.45, 7) is 6.09. The molecule has 0 spiro atoms. The van der Waals surface area contributed by atoms with Crippen LogP contribution >= 0.6 is 0 Å². The highest BCUT2D eigenvalue weighted by Gasteiger charge is 2.15. The SMILES string of the molecule is CCN(CC)c1ccc(/C=N/NC(=O)c2ccccc2NC(=O)c2ccc(OC)c(OC)c2)cc1. The van der Waals surface area contributed by atoms with Gasteiger partial charge >= 0.3 is 0 Å². The van der Waals surface area contributed by atoms with E-state index in [0.29, 0.717) is 22.7 Å². The fourth-order valence-corrected chi connectivity index (χ4v) is 3.55. The van der Waals surface area contributed by atoms with Gasteiger partial charge in [-0.1, -0.05) is 24.3 Å². The van der Waals surface area contributed by atoms with Crippen LogP contribution in [0.2, 0.25) is 0 Å². The number of nitrogens with one attached hydrogen (secondary N) is 2. The molecule has 0 aromatic heterocycles. The van der Waals surface area contributed by atoms with E-state index in [-0.39, 0.29) is 11.5 Å². The highest BCUT2D eigenvalue weighted by Crippen LogP contribution is 2.28. The third-order valence-electron chi connectivity index (χ3n) is 5.47. The van der Waals surface area contributed by atoms with Crippen LogP contribution < -0.4 is 25.1 Å². The van der Waals surface area contributed by atoms with Gasteiger partial charge in [0.1, 0.15) is 0 Å². The molecule has 0 atom stereocenters. The predicted molar refractivity (Wildman–Crippen MR) is 139 cm³/mol. The van der Waals surface area contributed by atoms with Crippen molar-refractivity contribution in [2.24, 2.45) is 5.10 Å². The number of rotatable bonds is 10. The Labute approximate surface area is 205 Å². The molecule has 0 aliphatic rings. The number of methoxy groups -OCH3 is 2. The van der Waals surface area contributed by atoms with E-state index in [1.165, 1.54) is 14.2 Å². The molecule has 2 N–H and O–H groups in total. The van der Waals surface area contributed by atoms with Crippen LogP contribution in [-0.4, -0.2) is 45.3 Å².